The average Bonchev–Trinajstić information content (AvgIpc) is 2.34. The Bertz CT molecular complexity index is 453. The van der Waals surface area contributed by atoms with Gasteiger partial charge in [0.05, 0.1) is 17.8 Å². The van der Waals surface area contributed by atoms with Crippen LogP contribution in [-0.2, 0) is 16.8 Å². The summed E-state index contributed by atoms with van der Waals surface area (Å²) in [5, 5.41) is 31.5. The van der Waals surface area contributed by atoms with E-state index in [0.29, 0.717) is 6.61 Å². The third-order valence-corrected chi connectivity index (χ3v) is 3.89. The lowest BCUT2D eigenvalue weighted by Crippen LogP contribution is -2.47. The normalized spacial score (nSPS) is 12.5. The van der Waals surface area contributed by atoms with E-state index >= 15 is 0 Å². The summed E-state index contributed by atoms with van der Waals surface area (Å²) in [6, 6.07) is 8.49. The molecule has 0 spiro atoms. The molecule has 0 fully saturated rings. The molecule has 132 valence electrons. The molecule has 0 saturated carbocycles. The van der Waals surface area contributed by atoms with Crippen LogP contribution in [0.1, 0.15) is 59.6 Å². The topological polar surface area (TPSA) is 90.2 Å². The summed E-state index contributed by atoms with van der Waals surface area (Å²) in [7, 11) is -2.17. The Morgan fingerprint density at radius 2 is 1.26 bits per heavy atom. The second kappa shape index (κ2) is 8.26. The van der Waals surface area contributed by atoms with Gasteiger partial charge >= 0.3 is 7.32 Å². The average molecular weight is 326 g/mol. The monoisotopic (exact) mass is 326 g/mol. The van der Waals surface area contributed by atoms with Crippen LogP contribution in [0.5, 0.6) is 0 Å². The third kappa shape index (κ3) is 8.49. The zero-order valence-corrected chi connectivity index (χ0v) is 15.3. The second-order valence-corrected chi connectivity index (χ2v) is 7.65. The number of hydrogen-bond donors (Lipinski definition) is 4. The Kier molecular flexibility index (Phi) is 7.93. The Morgan fingerprint density at radius 3 is 1.57 bits per heavy atom. The Balaban J connectivity index is 0.00000108. The number of hydrogen-bond acceptors (Lipinski definition) is 5. The number of ether oxygens (including phenoxy) is 1. The first kappa shape index (κ1) is 22.1. The molecule has 0 aliphatic carbocycles. The van der Waals surface area contributed by atoms with Crippen molar-refractivity contribution in [1.82, 2.24) is 0 Å². The molecule has 1 aromatic rings. The van der Waals surface area contributed by atoms with Crippen molar-refractivity contribution in [2.45, 2.75) is 71.7 Å². The molecule has 0 aliphatic rings. The van der Waals surface area contributed by atoms with E-state index in [2.05, 4.69) is 45.0 Å². The highest BCUT2D eigenvalue weighted by Crippen LogP contribution is 2.27. The van der Waals surface area contributed by atoms with Crippen LogP contribution in [0.3, 0.4) is 0 Å². The van der Waals surface area contributed by atoms with Crippen LogP contribution in [-0.4, -0.2) is 38.7 Å². The molecule has 0 aliphatic heterocycles. The van der Waals surface area contributed by atoms with Gasteiger partial charge in [0.15, 0.2) is 0 Å². The fourth-order valence-electron chi connectivity index (χ4n) is 1.54. The highest BCUT2D eigenvalue weighted by molar-refractivity contribution is 6.30. The third-order valence-electron chi connectivity index (χ3n) is 3.89. The summed E-state index contributed by atoms with van der Waals surface area (Å²) in [6.07, 6.45) is 0. The van der Waals surface area contributed by atoms with Crippen molar-refractivity contribution in [3.63, 3.8) is 0 Å². The minimum atomic E-state index is -2.17. The molecule has 0 amide bonds. The van der Waals surface area contributed by atoms with Crippen LogP contribution in [0.4, 0.5) is 0 Å². The number of aliphatic hydroxyl groups is 1. The lowest BCUT2D eigenvalue weighted by molar-refractivity contribution is -0.153. The van der Waals surface area contributed by atoms with Gasteiger partial charge in [-0.15, -0.1) is 0 Å². The molecule has 0 heterocycles. The Labute approximate surface area is 140 Å². The first-order chi connectivity index (χ1) is 10.2. The smallest absolute Gasteiger partial charge is 0.402 e. The van der Waals surface area contributed by atoms with Crippen LogP contribution in [0.15, 0.2) is 24.3 Å². The van der Waals surface area contributed by atoms with Gasteiger partial charge in [0.25, 0.3) is 0 Å². The highest BCUT2D eigenvalue weighted by Gasteiger charge is 2.35. The number of benzene rings is 1. The lowest BCUT2D eigenvalue weighted by atomic mass is 9.86. The molecule has 23 heavy (non-hydrogen) atoms. The van der Waals surface area contributed by atoms with E-state index in [1.54, 1.807) is 13.8 Å². The zero-order chi connectivity index (χ0) is 18.5. The standard InChI is InChI=1S/C17H28O2.BH3O3/c1-15(2,3)14-10-8-13(9-11-14)12-19-17(6,7)16(4,5)18;2-1(3)4/h8-11,18H,12H2,1-7H3;2-4H. The molecule has 1 aromatic carbocycles. The zero-order valence-electron chi connectivity index (χ0n) is 15.3. The van der Waals surface area contributed by atoms with Crippen molar-refractivity contribution >= 4 is 7.32 Å². The van der Waals surface area contributed by atoms with Crippen LogP contribution in [0.2, 0.25) is 0 Å². The fraction of sp³-hybridized carbons (Fsp3) is 0.647. The van der Waals surface area contributed by atoms with E-state index in [1.807, 2.05) is 13.8 Å². The molecule has 0 saturated heterocycles. The summed E-state index contributed by atoms with van der Waals surface area (Å²) < 4.78 is 5.86. The van der Waals surface area contributed by atoms with Crippen molar-refractivity contribution in [3.05, 3.63) is 35.4 Å². The van der Waals surface area contributed by atoms with Gasteiger partial charge in [0.2, 0.25) is 0 Å². The van der Waals surface area contributed by atoms with Gasteiger partial charge in [0, 0.05) is 0 Å². The molecule has 0 unspecified atom stereocenters. The predicted molar refractivity (Wildman–Crippen MR) is 92.7 cm³/mol. The molecular formula is C17H31BO5. The van der Waals surface area contributed by atoms with Crippen molar-refractivity contribution in [3.8, 4) is 0 Å². The molecule has 0 bridgehead atoms. The molecule has 0 atom stereocenters. The Morgan fingerprint density at radius 1 is 0.870 bits per heavy atom. The van der Waals surface area contributed by atoms with Crippen molar-refractivity contribution in [1.29, 1.82) is 0 Å². The van der Waals surface area contributed by atoms with Gasteiger partial charge in [-0.3, -0.25) is 0 Å². The minimum Gasteiger partial charge on any atom is -0.402 e. The van der Waals surface area contributed by atoms with Crippen molar-refractivity contribution in [2.75, 3.05) is 0 Å². The lowest BCUT2D eigenvalue weighted by Gasteiger charge is -2.37. The summed E-state index contributed by atoms with van der Waals surface area (Å²) in [6.45, 7) is 14.5. The maximum atomic E-state index is 10.0. The second-order valence-electron chi connectivity index (χ2n) is 7.65. The van der Waals surface area contributed by atoms with Gasteiger partial charge in [-0.1, -0.05) is 45.0 Å². The molecule has 0 aromatic heterocycles. The van der Waals surface area contributed by atoms with Crippen molar-refractivity contribution < 1.29 is 24.9 Å². The minimum absolute atomic E-state index is 0.172. The van der Waals surface area contributed by atoms with Gasteiger partial charge < -0.3 is 24.9 Å². The molecule has 4 N–H and O–H groups in total. The number of rotatable bonds is 4. The molecule has 1 rings (SSSR count). The summed E-state index contributed by atoms with van der Waals surface area (Å²) in [5.41, 5.74) is 1.18. The van der Waals surface area contributed by atoms with Crippen LogP contribution in [0, 0.1) is 0 Å². The highest BCUT2D eigenvalue weighted by atomic mass is 16.5. The van der Waals surface area contributed by atoms with Crippen LogP contribution in [0.25, 0.3) is 0 Å². The van der Waals surface area contributed by atoms with Crippen LogP contribution < -0.4 is 0 Å². The fourth-order valence-corrected chi connectivity index (χ4v) is 1.54. The van der Waals surface area contributed by atoms with E-state index in [-0.39, 0.29) is 5.41 Å². The largest absolute Gasteiger partial charge is 0.631 e. The quantitative estimate of drug-likeness (QED) is 0.636. The maximum absolute atomic E-state index is 10.0. The van der Waals surface area contributed by atoms with Gasteiger partial charge in [0.1, 0.15) is 0 Å². The van der Waals surface area contributed by atoms with Crippen molar-refractivity contribution in [2.24, 2.45) is 0 Å². The summed E-state index contributed by atoms with van der Waals surface area (Å²) >= 11 is 0. The summed E-state index contributed by atoms with van der Waals surface area (Å²) in [5.74, 6) is 0. The van der Waals surface area contributed by atoms with E-state index in [1.165, 1.54) is 5.56 Å². The van der Waals surface area contributed by atoms with E-state index < -0.39 is 18.5 Å². The first-order valence-electron chi connectivity index (χ1n) is 7.67. The molecule has 5 nitrogen and oxygen atoms in total. The molecule has 0 radical (unpaired) electrons. The van der Waals surface area contributed by atoms with Gasteiger partial charge in [-0.2, -0.15) is 0 Å². The van der Waals surface area contributed by atoms with E-state index in [4.69, 9.17) is 19.8 Å². The van der Waals surface area contributed by atoms with Crippen LogP contribution >= 0.6 is 0 Å². The van der Waals surface area contributed by atoms with E-state index in [0.717, 1.165) is 5.56 Å². The molecule has 6 heteroatoms. The summed E-state index contributed by atoms with van der Waals surface area (Å²) in [4.78, 5) is 0. The Hall–Kier alpha value is -0.915. The molecular weight excluding hydrogens is 295 g/mol. The predicted octanol–water partition coefficient (Wildman–Crippen LogP) is 2.00. The maximum Gasteiger partial charge on any atom is 0.631 e. The van der Waals surface area contributed by atoms with E-state index in [9.17, 15) is 5.11 Å². The van der Waals surface area contributed by atoms with Gasteiger partial charge in [-0.25, -0.2) is 0 Å². The SMILES string of the molecule is CC(C)(C)c1ccc(COC(C)(C)C(C)(C)O)cc1.OB(O)O. The van der Waals surface area contributed by atoms with Gasteiger partial charge in [-0.05, 0) is 44.2 Å². The first-order valence-corrected chi connectivity index (χ1v) is 7.67.